The van der Waals surface area contributed by atoms with Gasteiger partial charge in [0.1, 0.15) is 17.1 Å². The normalized spacial score (nSPS) is 11.4. The number of fused-ring (bicyclic) bond motifs is 1. The Morgan fingerprint density at radius 1 is 0.957 bits per heavy atom. The molecule has 0 radical (unpaired) electrons. The van der Waals surface area contributed by atoms with Crippen molar-refractivity contribution >= 4 is 51.7 Å². The molecular weight excluding hydrogens is 625 g/mol. The zero-order chi connectivity index (χ0) is 32.8. The summed E-state index contributed by atoms with van der Waals surface area (Å²) in [5.41, 5.74) is 2.95. The number of ether oxygens (including phenoxy) is 2. The average molecular weight is 659 g/mol. The summed E-state index contributed by atoms with van der Waals surface area (Å²) in [6.45, 7) is 0.827. The third-order valence-corrected chi connectivity index (χ3v) is 7.94. The Balaban J connectivity index is 1.63. The number of para-hydroxylation sites is 1. The predicted molar refractivity (Wildman–Crippen MR) is 184 cm³/mol. The highest BCUT2D eigenvalue weighted by molar-refractivity contribution is 6.41. The summed E-state index contributed by atoms with van der Waals surface area (Å²) in [5, 5.41) is 4.12. The minimum absolute atomic E-state index is 0.00996. The van der Waals surface area contributed by atoms with Gasteiger partial charge in [-0.3, -0.25) is 14.2 Å². The fourth-order valence-electron chi connectivity index (χ4n) is 4.99. The summed E-state index contributed by atoms with van der Waals surface area (Å²) >= 11 is 13.5. The van der Waals surface area contributed by atoms with E-state index in [9.17, 15) is 9.59 Å². The molecule has 3 aromatic carbocycles. The topological polar surface area (TPSA) is 98.6 Å². The highest BCUT2D eigenvalue weighted by Gasteiger charge is 2.23. The van der Waals surface area contributed by atoms with Crippen LogP contribution in [0.25, 0.3) is 22.2 Å². The van der Waals surface area contributed by atoms with Crippen molar-refractivity contribution in [1.82, 2.24) is 19.4 Å². The standard InChI is InChI=1S/C35H33Cl2N5O4/c1-41(2)15-9-14-26(43)17-22-10-8-11-23(16-22)21-42-33-24(20-38-35(40-33)39-25-12-6-5-7-13-25)18-27(34(42)44)30-31(36)28(45-3)19-29(46-4)32(30)37/h5-14,16,18-20H,15,17,21H2,1-4H3,(H,38,39,40)/b14-9+. The van der Waals surface area contributed by atoms with Crippen LogP contribution >= 0.6 is 23.2 Å². The number of allylic oxidation sites excluding steroid dienone is 1. The number of aromatic nitrogens is 3. The van der Waals surface area contributed by atoms with E-state index < -0.39 is 0 Å². The number of carbonyl (C=O) groups is 1. The molecule has 0 saturated heterocycles. The lowest BCUT2D eigenvalue weighted by molar-refractivity contribution is -0.114. The maximum Gasteiger partial charge on any atom is 0.260 e. The van der Waals surface area contributed by atoms with Crippen LogP contribution in [0.15, 0.2) is 89.9 Å². The highest BCUT2D eigenvalue weighted by Crippen LogP contribution is 2.45. The maximum absolute atomic E-state index is 14.4. The summed E-state index contributed by atoms with van der Waals surface area (Å²) in [6, 6.07) is 20.3. The van der Waals surface area contributed by atoms with Crippen LogP contribution in [0.4, 0.5) is 11.6 Å². The first-order valence-corrected chi connectivity index (χ1v) is 15.2. The summed E-state index contributed by atoms with van der Waals surface area (Å²) in [4.78, 5) is 38.3. The summed E-state index contributed by atoms with van der Waals surface area (Å²) in [7, 11) is 6.83. The van der Waals surface area contributed by atoms with Crippen molar-refractivity contribution in [3.05, 3.63) is 117 Å². The lowest BCUT2D eigenvalue weighted by Crippen LogP contribution is -2.24. The average Bonchev–Trinajstić information content (AvgIpc) is 3.04. The van der Waals surface area contributed by atoms with E-state index in [0.29, 0.717) is 35.0 Å². The molecule has 5 rings (SSSR count). The number of hydrogen-bond acceptors (Lipinski definition) is 8. The number of rotatable bonds is 12. The highest BCUT2D eigenvalue weighted by atomic mass is 35.5. The molecule has 0 fully saturated rings. The van der Waals surface area contributed by atoms with Gasteiger partial charge < -0.3 is 19.7 Å². The van der Waals surface area contributed by atoms with Crippen molar-refractivity contribution in [2.75, 3.05) is 40.2 Å². The summed E-state index contributed by atoms with van der Waals surface area (Å²) in [6.07, 6.45) is 5.31. The number of nitrogens with one attached hydrogen (secondary N) is 1. The Morgan fingerprint density at radius 3 is 2.33 bits per heavy atom. The van der Waals surface area contributed by atoms with Crippen molar-refractivity contribution in [3.63, 3.8) is 0 Å². The molecule has 236 valence electrons. The molecule has 0 amide bonds. The van der Waals surface area contributed by atoms with Gasteiger partial charge in [0.15, 0.2) is 5.78 Å². The molecule has 0 aliphatic heterocycles. The van der Waals surface area contributed by atoms with E-state index in [2.05, 4.69) is 10.3 Å². The lowest BCUT2D eigenvalue weighted by atomic mass is 10.0. The molecule has 11 heteroatoms. The van der Waals surface area contributed by atoms with Crippen LogP contribution in [0.2, 0.25) is 10.0 Å². The van der Waals surface area contributed by atoms with E-state index >= 15 is 0 Å². The predicted octanol–water partition coefficient (Wildman–Crippen LogP) is 6.80. The number of pyridine rings is 1. The van der Waals surface area contributed by atoms with Gasteiger partial charge in [-0.25, -0.2) is 4.98 Å². The number of carbonyl (C=O) groups excluding carboxylic acids is 1. The smallest absolute Gasteiger partial charge is 0.260 e. The second-order valence-corrected chi connectivity index (χ2v) is 11.6. The van der Waals surface area contributed by atoms with Gasteiger partial charge in [-0.05, 0) is 49.5 Å². The van der Waals surface area contributed by atoms with Crippen molar-refractivity contribution in [1.29, 1.82) is 0 Å². The van der Waals surface area contributed by atoms with Gasteiger partial charge in [-0.1, -0.05) is 71.7 Å². The molecule has 0 aliphatic rings. The van der Waals surface area contributed by atoms with E-state index in [1.54, 1.807) is 29.0 Å². The molecule has 0 bridgehead atoms. The number of benzene rings is 3. The Morgan fingerprint density at radius 2 is 1.65 bits per heavy atom. The van der Waals surface area contributed by atoms with Crippen LogP contribution in [-0.2, 0) is 17.8 Å². The number of halogens is 2. The number of hydrogen-bond donors (Lipinski definition) is 1. The molecule has 9 nitrogen and oxygen atoms in total. The lowest BCUT2D eigenvalue weighted by Gasteiger charge is -2.17. The molecule has 0 atom stereocenters. The Bertz CT molecular complexity index is 1950. The number of anilines is 2. The fraction of sp³-hybridized carbons (Fsp3) is 0.200. The largest absolute Gasteiger partial charge is 0.495 e. The van der Waals surface area contributed by atoms with Crippen molar-refractivity contribution in [2.24, 2.45) is 0 Å². The van der Waals surface area contributed by atoms with E-state index in [1.165, 1.54) is 14.2 Å². The van der Waals surface area contributed by atoms with Gasteiger partial charge >= 0.3 is 0 Å². The van der Waals surface area contributed by atoms with Crippen LogP contribution in [0, 0.1) is 0 Å². The van der Waals surface area contributed by atoms with Gasteiger partial charge in [0.2, 0.25) is 5.95 Å². The van der Waals surface area contributed by atoms with E-state index in [4.69, 9.17) is 37.7 Å². The quantitative estimate of drug-likeness (QED) is 0.146. The second kappa shape index (κ2) is 14.6. The molecule has 0 aliphatic carbocycles. The zero-order valence-electron chi connectivity index (χ0n) is 25.9. The first kappa shape index (κ1) is 32.7. The molecule has 2 heterocycles. The Kier molecular flexibility index (Phi) is 10.4. The van der Waals surface area contributed by atoms with E-state index in [1.807, 2.05) is 79.7 Å². The minimum Gasteiger partial charge on any atom is -0.495 e. The van der Waals surface area contributed by atoms with Crippen LogP contribution < -0.4 is 20.3 Å². The van der Waals surface area contributed by atoms with Gasteiger partial charge in [0.25, 0.3) is 5.56 Å². The summed E-state index contributed by atoms with van der Waals surface area (Å²) in [5.74, 6) is 0.922. The van der Waals surface area contributed by atoms with Crippen molar-refractivity contribution in [3.8, 4) is 22.6 Å². The fourth-order valence-corrected chi connectivity index (χ4v) is 5.70. The number of ketones is 1. The molecule has 2 aromatic heterocycles. The van der Waals surface area contributed by atoms with Crippen LogP contribution in [0.5, 0.6) is 11.5 Å². The molecule has 46 heavy (non-hydrogen) atoms. The summed E-state index contributed by atoms with van der Waals surface area (Å²) < 4.78 is 12.5. The van der Waals surface area contributed by atoms with Crippen LogP contribution in [0.1, 0.15) is 11.1 Å². The monoisotopic (exact) mass is 657 g/mol. The number of nitrogens with zero attached hydrogens (tertiary/aromatic N) is 4. The van der Waals surface area contributed by atoms with E-state index in [-0.39, 0.29) is 45.5 Å². The number of likely N-dealkylation sites (N-methyl/N-ethyl adjacent to an activating group) is 1. The Hall–Kier alpha value is -4.70. The van der Waals surface area contributed by atoms with E-state index in [0.717, 1.165) is 16.8 Å². The third kappa shape index (κ3) is 7.39. The van der Waals surface area contributed by atoms with Gasteiger partial charge in [0, 0.05) is 41.9 Å². The van der Waals surface area contributed by atoms with Crippen LogP contribution in [-0.4, -0.2) is 60.1 Å². The molecular formula is C35H33Cl2N5O4. The maximum atomic E-state index is 14.4. The van der Waals surface area contributed by atoms with Crippen LogP contribution in [0.3, 0.4) is 0 Å². The Labute approximate surface area is 277 Å². The first-order chi connectivity index (χ1) is 22.2. The molecule has 0 saturated carbocycles. The molecule has 0 unspecified atom stereocenters. The molecule has 5 aromatic rings. The molecule has 0 spiro atoms. The molecule has 1 N–H and O–H groups in total. The second-order valence-electron chi connectivity index (χ2n) is 10.8. The third-order valence-electron chi connectivity index (χ3n) is 7.18. The van der Waals surface area contributed by atoms with Crippen molar-refractivity contribution in [2.45, 2.75) is 13.0 Å². The van der Waals surface area contributed by atoms with Gasteiger partial charge in [-0.2, -0.15) is 4.98 Å². The van der Waals surface area contributed by atoms with Crippen molar-refractivity contribution < 1.29 is 14.3 Å². The van der Waals surface area contributed by atoms with Gasteiger partial charge in [0.05, 0.1) is 36.4 Å². The number of methoxy groups -OCH3 is 2. The first-order valence-electron chi connectivity index (χ1n) is 14.4. The minimum atomic E-state index is -0.385. The van der Waals surface area contributed by atoms with Gasteiger partial charge in [-0.15, -0.1) is 0 Å². The zero-order valence-corrected chi connectivity index (χ0v) is 27.4. The SMILES string of the molecule is COc1cc(OC)c(Cl)c(-c2cc3cnc(Nc4ccccc4)nc3n(Cc3cccc(CC(=O)/C=C/CN(C)C)c3)c2=O)c1Cl.